The maximum absolute atomic E-state index is 13.6. The molecular formula is C27H22O. The molecule has 0 N–H and O–H groups in total. The Kier molecular flexibility index (Phi) is 4.09. The lowest BCUT2D eigenvalue weighted by molar-refractivity contribution is 0.105. The zero-order valence-corrected chi connectivity index (χ0v) is 16.0. The maximum atomic E-state index is 13.6. The second kappa shape index (κ2) is 6.76. The summed E-state index contributed by atoms with van der Waals surface area (Å²) in [7, 11) is 0. The minimum absolute atomic E-state index is 0.115. The fraction of sp³-hybridized carbons (Fsp3) is 0.148. The highest BCUT2D eigenvalue weighted by Crippen LogP contribution is 2.56. The first-order chi connectivity index (χ1) is 13.8. The van der Waals surface area contributed by atoms with E-state index in [0.717, 1.165) is 41.5 Å². The first-order valence-electron chi connectivity index (χ1n) is 10.1. The van der Waals surface area contributed by atoms with Gasteiger partial charge in [-0.25, -0.2) is 0 Å². The van der Waals surface area contributed by atoms with Crippen LogP contribution in [0.5, 0.6) is 0 Å². The SMILES string of the molecule is CCCCC1=C2C(=C(C(=O)c3ccccc3)c3ccccc32)c2ccccc21. The number of allylic oxidation sites excluding steroid dienone is 4. The Morgan fingerprint density at radius 3 is 1.93 bits per heavy atom. The summed E-state index contributed by atoms with van der Waals surface area (Å²) < 4.78 is 0. The molecule has 0 spiro atoms. The molecule has 0 aromatic heterocycles. The van der Waals surface area contributed by atoms with E-state index in [0.29, 0.717) is 0 Å². The molecule has 136 valence electrons. The summed E-state index contributed by atoms with van der Waals surface area (Å²) in [6.45, 7) is 2.23. The quantitative estimate of drug-likeness (QED) is 0.451. The lowest BCUT2D eigenvalue weighted by Gasteiger charge is -2.10. The number of hydrogen-bond donors (Lipinski definition) is 0. The zero-order chi connectivity index (χ0) is 19.1. The van der Waals surface area contributed by atoms with Crippen molar-refractivity contribution in [2.24, 2.45) is 0 Å². The van der Waals surface area contributed by atoms with Gasteiger partial charge in [0.25, 0.3) is 0 Å². The summed E-state index contributed by atoms with van der Waals surface area (Å²) in [6.07, 6.45) is 3.37. The molecule has 0 fully saturated rings. The topological polar surface area (TPSA) is 17.1 Å². The molecule has 1 nitrogen and oxygen atoms in total. The second-order valence-corrected chi connectivity index (χ2v) is 7.49. The molecule has 0 aliphatic heterocycles. The first kappa shape index (κ1) is 16.9. The number of hydrogen-bond acceptors (Lipinski definition) is 1. The van der Waals surface area contributed by atoms with E-state index in [1.165, 1.54) is 27.8 Å². The minimum atomic E-state index is 0.115. The van der Waals surface area contributed by atoms with Gasteiger partial charge < -0.3 is 0 Å². The van der Waals surface area contributed by atoms with Crippen LogP contribution in [0.1, 0.15) is 58.8 Å². The monoisotopic (exact) mass is 362 g/mol. The van der Waals surface area contributed by atoms with Crippen molar-refractivity contribution in [2.45, 2.75) is 26.2 Å². The maximum Gasteiger partial charge on any atom is 0.194 e. The van der Waals surface area contributed by atoms with Crippen molar-refractivity contribution in [3.8, 4) is 0 Å². The predicted molar refractivity (Wildman–Crippen MR) is 117 cm³/mol. The van der Waals surface area contributed by atoms with E-state index in [9.17, 15) is 4.79 Å². The molecule has 0 saturated carbocycles. The summed E-state index contributed by atoms with van der Waals surface area (Å²) in [5, 5.41) is 0. The average Bonchev–Trinajstić information content (AvgIpc) is 3.25. The van der Waals surface area contributed by atoms with E-state index in [-0.39, 0.29) is 5.78 Å². The molecule has 3 aromatic rings. The van der Waals surface area contributed by atoms with E-state index in [4.69, 9.17) is 0 Å². The Hall–Kier alpha value is -3.19. The summed E-state index contributed by atoms with van der Waals surface area (Å²) in [6, 6.07) is 26.6. The highest BCUT2D eigenvalue weighted by atomic mass is 16.1. The standard InChI is InChI=1S/C27H22O/c1-2-3-13-20-19-14-7-8-15-21(19)25-24(20)22-16-9-10-17-23(22)26(25)27(28)18-11-5-4-6-12-18/h4-12,14-17H,2-3,13H2,1H3. The smallest absolute Gasteiger partial charge is 0.194 e. The number of carbonyl (C=O) groups excluding carboxylic acids is 1. The van der Waals surface area contributed by atoms with Crippen LogP contribution < -0.4 is 0 Å². The van der Waals surface area contributed by atoms with Crippen LogP contribution >= 0.6 is 0 Å². The van der Waals surface area contributed by atoms with Crippen LogP contribution in [0, 0.1) is 0 Å². The van der Waals surface area contributed by atoms with Gasteiger partial charge >= 0.3 is 0 Å². The van der Waals surface area contributed by atoms with Gasteiger partial charge in [-0.15, -0.1) is 0 Å². The number of Topliss-reactive ketones (excluding diaryl/α,β-unsaturated/α-hetero) is 1. The van der Waals surface area contributed by atoms with Crippen molar-refractivity contribution in [3.63, 3.8) is 0 Å². The van der Waals surface area contributed by atoms with Gasteiger partial charge in [0.2, 0.25) is 0 Å². The normalized spacial score (nSPS) is 14.2. The molecule has 3 aromatic carbocycles. The van der Waals surface area contributed by atoms with E-state index in [1.807, 2.05) is 36.4 Å². The third kappa shape index (κ3) is 2.43. The number of ketones is 1. The van der Waals surface area contributed by atoms with Crippen LogP contribution in [0.15, 0.2) is 78.9 Å². The number of carbonyl (C=O) groups is 1. The van der Waals surface area contributed by atoms with Gasteiger partial charge in [-0.1, -0.05) is 92.2 Å². The van der Waals surface area contributed by atoms with Gasteiger partial charge in [-0.05, 0) is 46.2 Å². The molecule has 2 aliphatic carbocycles. The molecule has 0 saturated heterocycles. The van der Waals surface area contributed by atoms with Crippen LogP contribution in [0.3, 0.4) is 0 Å². The highest BCUT2D eigenvalue weighted by molar-refractivity contribution is 6.46. The number of rotatable bonds is 5. The van der Waals surface area contributed by atoms with Crippen molar-refractivity contribution >= 4 is 28.1 Å². The van der Waals surface area contributed by atoms with Crippen LogP contribution in [0.4, 0.5) is 0 Å². The third-order valence-corrected chi connectivity index (χ3v) is 5.83. The van der Waals surface area contributed by atoms with Crippen molar-refractivity contribution < 1.29 is 4.79 Å². The summed E-state index contributed by atoms with van der Waals surface area (Å²) in [4.78, 5) is 13.6. The van der Waals surface area contributed by atoms with Gasteiger partial charge in [0.05, 0.1) is 0 Å². The highest BCUT2D eigenvalue weighted by Gasteiger charge is 2.38. The third-order valence-electron chi connectivity index (χ3n) is 5.83. The van der Waals surface area contributed by atoms with E-state index >= 15 is 0 Å². The Labute approximate surface area is 166 Å². The van der Waals surface area contributed by atoms with Crippen molar-refractivity contribution in [3.05, 3.63) is 107 Å². The molecule has 5 rings (SSSR count). The minimum Gasteiger partial charge on any atom is -0.289 e. The van der Waals surface area contributed by atoms with Crippen molar-refractivity contribution in [1.82, 2.24) is 0 Å². The van der Waals surface area contributed by atoms with Crippen LogP contribution in [-0.4, -0.2) is 5.78 Å². The lowest BCUT2D eigenvalue weighted by atomic mass is 9.92. The molecular weight excluding hydrogens is 340 g/mol. The number of fused-ring (bicyclic) bond motifs is 5. The molecule has 2 aliphatic rings. The molecule has 0 atom stereocenters. The fourth-order valence-electron chi connectivity index (χ4n) is 4.58. The molecule has 1 heteroatoms. The number of unbranched alkanes of at least 4 members (excludes halogenated alkanes) is 1. The summed E-state index contributed by atoms with van der Waals surface area (Å²) in [5.41, 5.74) is 10.2. The molecule has 0 heterocycles. The second-order valence-electron chi connectivity index (χ2n) is 7.49. The average molecular weight is 362 g/mol. The van der Waals surface area contributed by atoms with E-state index in [1.54, 1.807) is 0 Å². The van der Waals surface area contributed by atoms with Crippen molar-refractivity contribution in [2.75, 3.05) is 0 Å². The zero-order valence-electron chi connectivity index (χ0n) is 16.0. The molecule has 0 radical (unpaired) electrons. The summed E-state index contributed by atoms with van der Waals surface area (Å²) in [5.74, 6) is 0.115. The van der Waals surface area contributed by atoms with Gasteiger partial charge in [0, 0.05) is 16.7 Å². The molecule has 0 unspecified atom stereocenters. The Morgan fingerprint density at radius 2 is 1.25 bits per heavy atom. The van der Waals surface area contributed by atoms with E-state index < -0.39 is 0 Å². The summed E-state index contributed by atoms with van der Waals surface area (Å²) >= 11 is 0. The first-order valence-corrected chi connectivity index (χ1v) is 10.1. The van der Waals surface area contributed by atoms with Crippen molar-refractivity contribution in [1.29, 1.82) is 0 Å². The largest absolute Gasteiger partial charge is 0.289 e. The fourth-order valence-corrected chi connectivity index (χ4v) is 4.58. The molecule has 0 amide bonds. The van der Waals surface area contributed by atoms with Gasteiger partial charge in [-0.3, -0.25) is 4.79 Å². The Bertz CT molecular complexity index is 1150. The lowest BCUT2D eigenvalue weighted by Crippen LogP contribution is -2.03. The van der Waals surface area contributed by atoms with Gasteiger partial charge in [0.15, 0.2) is 5.78 Å². The number of benzene rings is 3. The van der Waals surface area contributed by atoms with Gasteiger partial charge in [0.1, 0.15) is 0 Å². The molecule has 0 bridgehead atoms. The predicted octanol–water partition coefficient (Wildman–Crippen LogP) is 6.91. The molecule has 28 heavy (non-hydrogen) atoms. The van der Waals surface area contributed by atoms with Crippen LogP contribution in [-0.2, 0) is 0 Å². The van der Waals surface area contributed by atoms with Crippen LogP contribution in [0.25, 0.3) is 22.3 Å². The Morgan fingerprint density at radius 1 is 0.679 bits per heavy atom. The van der Waals surface area contributed by atoms with E-state index in [2.05, 4.69) is 49.4 Å². The Balaban J connectivity index is 1.81. The van der Waals surface area contributed by atoms with Gasteiger partial charge in [-0.2, -0.15) is 0 Å². The van der Waals surface area contributed by atoms with Crippen LogP contribution in [0.2, 0.25) is 0 Å².